The first-order valence-corrected chi connectivity index (χ1v) is 20.4. The van der Waals surface area contributed by atoms with Gasteiger partial charge < -0.3 is 24.4 Å². The molecule has 0 spiro atoms. The highest BCUT2D eigenvalue weighted by molar-refractivity contribution is 6.06. The van der Waals surface area contributed by atoms with Crippen molar-refractivity contribution in [2.75, 3.05) is 6.61 Å². The number of carbonyl (C=O) groups excluding carboxylic acids is 4. The van der Waals surface area contributed by atoms with Crippen LogP contribution in [-0.2, 0) is 33.4 Å². The van der Waals surface area contributed by atoms with Gasteiger partial charge in [-0.15, -0.1) is 0 Å². The maximum Gasteiger partial charge on any atom is 0.333 e. The molecule has 9 heteroatoms. The van der Waals surface area contributed by atoms with E-state index in [2.05, 4.69) is 31.2 Å². The summed E-state index contributed by atoms with van der Waals surface area (Å²) in [5.74, 6) is -5.29. The summed E-state index contributed by atoms with van der Waals surface area (Å²) >= 11 is 0. The third-order valence-corrected chi connectivity index (χ3v) is 12.8. The number of unbranched alkanes of at least 4 members (excludes halogenated alkanes) is 8. The van der Waals surface area contributed by atoms with E-state index in [1.807, 2.05) is 19.9 Å². The van der Waals surface area contributed by atoms with E-state index in [0.29, 0.717) is 23.1 Å². The molecule has 8 atom stereocenters. The number of fused-ring (bicyclic) bond motifs is 5. The summed E-state index contributed by atoms with van der Waals surface area (Å²) in [6.07, 6.45) is 25.0. The molecule has 0 unspecified atom stereocenters. The minimum atomic E-state index is -1.80. The predicted octanol–water partition coefficient (Wildman–Crippen LogP) is 8.38. The molecule has 2 N–H and O–H groups in total. The standard InChI is InChI=1S/C45H66O9/c1-9-11-12-13-14-15-16-17-18-19-20-21-22-23-24-25-37(47)52-29-34-27-35-38-42(7,8)45(38,51)40(53-41(49)30(3)10-2)32(5)44(35,50)36-26-31(4)39(48)43(36,28-34)54-33(6)46/h10,14-15,17-18,26-27,32,35-36,38,40,50-51H,9,11-13,16,19-25,28-29H2,1-8H3/b15-14-,18-17-,30-10+/t32-,35+,36-,38-,40-,43-,44-,45-/m1/s1. The summed E-state index contributed by atoms with van der Waals surface area (Å²) in [4.78, 5) is 52.9. The van der Waals surface area contributed by atoms with Crippen LogP contribution in [0.2, 0.25) is 0 Å². The molecule has 0 aromatic carbocycles. The van der Waals surface area contributed by atoms with Crippen molar-refractivity contribution in [1.29, 1.82) is 0 Å². The molecule has 0 heterocycles. The van der Waals surface area contributed by atoms with Gasteiger partial charge in [-0.1, -0.05) is 102 Å². The lowest BCUT2D eigenvalue weighted by molar-refractivity contribution is -0.223. The highest BCUT2D eigenvalue weighted by Gasteiger charge is 2.85. The van der Waals surface area contributed by atoms with Gasteiger partial charge >= 0.3 is 17.9 Å². The molecule has 2 saturated carbocycles. The minimum Gasteiger partial charge on any atom is -0.461 e. The quantitative estimate of drug-likeness (QED) is 0.0439. The molecular weight excluding hydrogens is 684 g/mol. The van der Waals surface area contributed by atoms with Crippen molar-refractivity contribution in [1.82, 2.24) is 0 Å². The molecule has 4 rings (SSSR count). The molecule has 2 fully saturated rings. The van der Waals surface area contributed by atoms with Gasteiger partial charge in [-0.05, 0) is 70.4 Å². The molecule has 0 bridgehead atoms. The van der Waals surface area contributed by atoms with Crippen LogP contribution in [0.5, 0.6) is 0 Å². The highest BCUT2D eigenvalue weighted by Crippen LogP contribution is 2.75. The highest BCUT2D eigenvalue weighted by atomic mass is 16.6. The summed E-state index contributed by atoms with van der Waals surface area (Å²) in [6.45, 7) is 13.7. The number of allylic oxidation sites excluding steroid dienone is 5. The number of esters is 3. The molecule has 9 nitrogen and oxygen atoms in total. The van der Waals surface area contributed by atoms with Crippen LogP contribution >= 0.6 is 0 Å². The zero-order valence-electron chi connectivity index (χ0n) is 34.1. The van der Waals surface area contributed by atoms with E-state index in [1.165, 1.54) is 26.2 Å². The summed E-state index contributed by atoms with van der Waals surface area (Å²) in [5, 5.41) is 25.4. The van der Waals surface area contributed by atoms with Gasteiger partial charge in [0, 0.05) is 48.5 Å². The largest absolute Gasteiger partial charge is 0.461 e. The number of ketones is 1. The van der Waals surface area contributed by atoms with E-state index in [4.69, 9.17) is 14.2 Å². The van der Waals surface area contributed by atoms with Crippen molar-refractivity contribution in [2.24, 2.45) is 29.1 Å². The van der Waals surface area contributed by atoms with Gasteiger partial charge in [-0.25, -0.2) is 4.79 Å². The lowest BCUT2D eigenvalue weighted by Gasteiger charge is -2.53. The number of Topliss-reactive ketones (excluding diaryl/α,β-unsaturated/α-hetero) is 1. The van der Waals surface area contributed by atoms with E-state index >= 15 is 0 Å². The second-order valence-electron chi connectivity index (χ2n) is 16.8. The summed E-state index contributed by atoms with van der Waals surface area (Å²) < 4.78 is 17.7. The molecule has 0 amide bonds. The van der Waals surface area contributed by atoms with Gasteiger partial charge in [-0.2, -0.15) is 0 Å². The van der Waals surface area contributed by atoms with Crippen LogP contribution in [0.15, 0.2) is 59.3 Å². The molecule has 0 aliphatic heterocycles. The van der Waals surface area contributed by atoms with Crippen LogP contribution in [0.25, 0.3) is 0 Å². The zero-order valence-corrected chi connectivity index (χ0v) is 34.1. The molecule has 4 aliphatic rings. The van der Waals surface area contributed by atoms with Crippen LogP contribution < -0.4 is 0 Å². The van der Waals surface area contributed by atoms with E-state index in [-0.39, 0.29) is 25.4 Å². The molecular formula is C45H66O9. The Kier molecular flexibility index (Phi) is 14.6. The second kappa shape index (κ2) is 18.1. The van der Waals surface area contributed by atoms with E-state index in [1.54, 1.807) is 39.8 Å². The third kappa shape index (κ3) is 8.57. The summed E-state index contributed by atoms with van der Waals surface area (Å²) in [6, 6.07) is 0. The average Bonchev–Trinajstić information content (AvgIpc) is 3.51. The van der Waals surface area contributed by atoms with E-state index < -0.39 is 69.7 Å². The lowest BCUT2D eigenvalue weighted by Crippen LogP contribution is -2.66. The lowest BCUT2D eigenvalue weighted by atomic mass is 9.59. The Bertz CT molecular complexity index is 1550. The summed E-state index contributed by atoms with van der Waals surface area (Å²) in [7, 11) is 0. The first kappa shape index (κ1) is 43.4. The predicted molar refractivity (Wildman–Crippen MR) is 209 cm³/mol. The molecule has 0 aromatic heterocycles. The van der Waals surface area contributed by atoms with Crippen LogP contribution in [-0.4, -0.2) is 63.4 Å². The Labute approximate surface area is 323 Å². The Morgan fingerprint density at radius 2 is 1.56 bits per heavy atom. The Hall–Kier alpha value is -3.30. The van der Waals surface area contributed by atoms with Crippen molar-refractivity contribution < 1.29 is 43.6 Å². The van der Waals surface area contributed by atoms with Crippen LogP contribution in [0.4, 0.5) is 0 Å². The number of hydrogen-bond donors (Lipinski definition) is 2. The fourth-order valence-electron chi connectivity index (χ4n) is 9.62. The van der Waals surface area contributed by atoms with Gasteiger partial charge in [0.05, 0.1) is 11.5 Å². The zero-order chi connectivity index (χ0) is 39.9. The van der Waals surface area contributed by atoms with Gasteiger partial charge in [0.25, 0.3) is 0 Å². The van der Waals surface area contributed by atoms with Crippen molar-refractivity contribution in [2.45, 2.75) is 162 Å². The SMILES string of the molecule is C/C=C(\C)C(=O)O[C@@H]1[C@@H](C)[C@@]2(O)[C@@H](C=C(COC(=O)CCCCCCC/C=C\C/C=C\CCCCC)C[C@]3(OC(C)=O)C(=O)C(C)=C[C@@H]23)[C@@H]2C(C)(C)[C@]12O. The van der Waals surface area contributed by atoms with Gasteiger partial charge in [-0.3, -0.25) is 14.4 Å². The number of aliphatic hydroxyl groups is 2. The summed E-state index contributed by atoms with van der Waals surface area (Å²) in [5.41, 5.74) is -4.62. The van der Waals surface area contributed by atoms with Crippen molar-refractivity contribution >= 4 is 23.7 Å². The Morgan fingerprint density at radius 3 is 2.19 bits per heavy atom. The van der Waals surface area contributed by atoms with E-state index in [9.17, 15) is 29.4 Å². The van der Waals surface area contributed by atoms with Gasteiger partial charge in [0.2, 0.25) is 5.78 Å². The molecule has 0 saturated heterocycles. The minimum absolute atomic E-state index is 0.0832. The maximum atomic E-state index is 14.1. The van der Waals surface area contributed by atoms with Crippen molar-refractivity contribution in [3.05, 3.63) is 59.3 Å². The fraction of sp³-hybridized carbons (Fsp3) is 0.689. The Balaban J connectivity index is 1.43. The first-order valence-electron chi connectivity index (χ1n) is 20.4. The monoisotopic (exact) mass is 750 g/mol. The second-order valence-corrected chi connectivity index (χ2v) is 16.8. The first-order chi connectivity index (χ1) is 25.5. The smallest absolute Gasteiger partial charge is 0.333 e. The maximum absolute atomic E-state index is 14.1. The molecule has 54 heavy (non-hydrogen) atoms. The van der Waals surface area contributed by atoms with Gasteiger partial charge in [0.1, 0.15) is 18.3 Å². The van der Waals surface area contributed by atoms with Crippen molar-refractivity contribution in [3.8, 4) is 0 Å². The van der Waals surface area contributed by atoms with E-state index in [0.717, 1.165) is 44.9 Å². The third-order valence-electron chi connectivity index (χ3n) is 12.8. The molecule has 0 aromatic rings. The van der Waals surface area contributed by atoms with Crippen LogP contribution in [0.1, 0.15) is 139 Å². The molecule has 300 valence electrons. The topological polar surface area (TPSA) is 136 Å². The fourth-order valence-corrected chi connectivity index (χ4v) is 9.62. The van der Waals surface area contributed by atoms with Gasteiger partial charge in [0.15, 0.2) is 5.60 Å². The van der Waals surface area contributed by atoms with Crippen LogP contribution in [0, 0.1) is 29.1 Å². The van der Waals surface area contributed by atoms with Crippen LogP contribution in [0.3, 0.4) is 0 Å². The number of hydrogen-bond acceptors (Lipinski definition) is 9. The molecule has 0 radical (unpaired) electrons. The number of rotatable bonds is 19. The molecule has 4 aliphatic carbocycles. The Morgan fingerprint density at radius 1 is 0.926 bits per heavy atom. The normalized spacial score (nSPS) is 32.7. The number of ether oxygens (including phenoxy) is 3. The number of carbonyl (C=O) groups is 4. The van der Waals surface area contributed by atoms with Crippen molar-refractivity contribution in [3.63, 3.8) is 0 Å². The average molecular weight is 751 g/mol.